The Bertz CT molecular complexity index is 1070. The van der Waals surface area contributed by atoms with Crippen molar-refractivity contribution in [2.24, 2.45) is 0 Å². The van der Waals surface area contributed by atoms with E-state index in [-0.39, 0.29) is 22.3 Å². The van der Waals surface area contributed by atoms with Crippen molar-refractivity contribution in [1.82, 2.24) is 19.7 Å². The molecule has 0 bridgehead atoms. The molecule has 2 aromatic heterocycles. The number of hydrogen-bond acceptors (Lipinski definition) is 5. The Labute approximate surface area is 130 Å². The summed E-state index contributed by atoms with van der Waals surface area (Å²) in [4.78, 5) is 31.4. The smallest absolute Gasteiger partial charge is 0.307 e. The number of nitrogens with zero attached hydrogens (tertiary/aromatic N) is 1. The molecule has 23 heavy (non-hydrogen) atoms. The SMILES string of the molecule is O=c1[nH]c(=O)c2cc(S(=O)(=O)NCc3ccccn3)ccc2[nH]1. The minimum Gasteiger partial charge on any atom is -0.307 e. The molecule has 1 aromatic carbocycles. The van der Waals surface area contributed by atoms with Gasteiger partial charge in [-0.25, -0.2) is 17.9 Å². The van der Waals surface area contributed by atoms with Crippen molar-refractivity contribution in [2.45, 2.75) is 11.4 Å². The molecule has 0 unspecified atom stereocenters. The van der Waals surface area contributed by atoms with Gasteiger partial charge in [-0.2, -0.15) is 0 Å². The lowest BCUT2D eigenvalue weighted by Gasteiger charge is -2.07. The fourth-order valence-corrected chi connectivity index (χ4v) is 3.09. The summed E-state index contributed by atoms with van der Waals surface area (Å²) in [6.45, 7) is 0.0309. The first kappa shape index (κ1) is 15.1. The minimum atomic E-state index is -3.81. The van der Waals surface area contributed by atoms with Gasteiger partial charge in [-0.3, -0.25) is 14.8 Å². The molecule has 0 saturated heterocycles. The number of hydrogen-bond donors (Lipinski definition) is 3. The van der Waals surface area contributed by atoms with Crippen LogP contribution in [0.3, 0.4) is 0 Å². The first-order valence-electron chi connectivity index (χ1n) is 6.62. The Morgan fingerprint density at radius 1 is 1.09 bits per heavy atom. The van der Waals surface area contributed by atoms with Gasteiger partial charge in [-0.05, 0) is 30.3 Å². The summed E-state index contributed by atoms with van der Waals surface area (Å²) in [5, 5.41) is 0.0883. The Hall–Kier alpha value is -2.78. The molecule has 0 atom stereocenters. The molecule has 0 aliphatic heterocycles. The molecule has 8 nitrogen and oxygen atoms in total. The number of nitrogens with one attached hydrogen (secondary N) is 3. The molecule has 0 saturated carbocycles. The van der Waals surface area contributed by atoms with Crippen molar-refractivity contribution >= 4 is 20.9 Å². The van der Waals surface area contributed by atoms with E-state index in [2.05, 4.69) is 19.7 Å². The molecule has 0 aliphatic carbocycles. The monoisotopic (exact) mass is 332 g/mol. The van der Waals surface area contributed by atoms with Crippen LogP contribution in [0.2, 0.25) is 0 Å². The zero-order valence-electron chi connectivity index (χ0n) is 11.7. The maximum absolute atomic E-state index is 12.3. The van der Waals surface area contributed by atoms with Crippen LogP contribution >= 0.6 is 0 Å². The first-order chi connectivity index (χ1) is 11.0. The van der Waals surface area contributed by atoms with Gasteiger partial charge in [0.25, 0.3) is 5.56 Å². The molecule has 0 radical (unpaired) electrons. The summed E-state index contributed by atoms with van der Waals surface area (Å²) in [6, 6.07) is 9.08. The van der Waals surface area contributed by atoms with Crippen LogP contribution in [0.1, 0.15) is 5.69 Å². The summed E-state index contributed by atoms with van der Waals surface area (Å²) in [5.41, 5.74) is -0.460. The van der Waals surface area contributed by atoms with E-state index in [0.717, 1.165) is 0 Å². The second kappa shape index (κ2) is 5.78. The molecular weight excluding hydrogens is 320 g/mol. The fourth-order valence-electron chi connectivity index (χ4n) is 2.07. The Morgan fingerprint density at radius 3 is 2.65 bits per heavy atom. The predicted molar refractivity (Wildman–Crippen MR) is 83.5 cm³/mol. The highest BCUT2D eigenvalue weighted by molar-refractivity contribution is 7.89. The van der Waals surface area contributed by atoms with Crippen LogP contribution in [-0.2, 0) is 16.6 Å². The van der Waals surface area contributed by atoms with Crippen LogP contribution in [0.5, 0.6) is 0 Å². The first-order valence-corrected chi connectivity index (χ1v) is 8.10. The number of H-pyrrole nitrogens is 2. The lowest BCUT2D eigenvalue weighted by atomic mass is 10.2. The molecule has 0 amide bonds. The average molecular weight is 332 g/mol. The summed E-state index contributed by atoms with van der Waals surface area (Å²) in [7, 11) is -3.81. The second-order valence-electron chi connectivity index (χ2n) is 4.76. The summed E-state index contributed by atoms with van der Waals surface area (Å²) in [6.07, 6.45) is 1.57. The number of fused-ring (bicyclic) bond motifs is 1. The van der Waals surface area contributed by atoms with Crippen LogP contribution in [0.15, 0.2) is 57.1 Å². The highest BCUT2D eigenvalue weighted by atomic mass is 32.2. The molecule has 0 spiro atoms. The molecule has 2 heterocycles. The van der Waals surface area contributed by atoms with Gasteiger partial charge >= 0.3 is 5.69 Å². The molecule has 3 N–H and O–H groups in total. The van der Waals surface area contributed by atoms with Gasteiger partial charge in [0.15, 0.2) is 0 Å². The number of rotatable bonds is 4. The third-order valence-corrected chi connectivity index (χ3v) is 4.59. The Morgan fingerprint density at radius 2 is 1.91 bits per heavy atom. The third-order valence-electron chi connectivity index (χ3n) is 3.19. The normalized spacial score (nSPS) is 11.7. The van der Waals surface area contributed by atoms with Crippen molar-refractivity contribution in [3.05, 3.63) is 69.1 Å². The van der Waals surface area contributed by atoms with Gasteiger partial charge in [0, 0.05) is 6.20 Å². The standard InChI is InChI=1S/C14H12N4O4S/c19-13-11-7-10(4-5-12(11)17-14(20)18-13)23(21,22)16-8-9-3-1-2-6-15-9/h1-7,16H,8H2,(H2,17,18,19,20). The van der Waals surface area contributed by atoms with E-state index in [1.54, 1.807) is 24.4 Å². The van der Waals surface area contributed by atoms with E-state index < -0.39 is 21.3 Å². The summed E-state index contributed by atoms with van der Waals surface area (Å²) in [5.74, 6) is 0. The average Bonchev–Trinajstić information content (AvgIpc) is 2.53. The van der Waals surface area contributed by atoms with Gasteiger partial charge < -0.3 is 4.98 Å². The van der Waals surface area contributed by atoms with Crippen molar-refractivity contribution in [3.8, 4) is 0 Å². The van der Waals surface area contributed by atoms with Crippen molar-refractivity contribution in [2.75, 3.05) is 0 Å². The van der Waals surface area contributed by atoms with E-state index in [1.165, 1.54) is 18.2 Å². The number of aromatic nitrogens is 3. The molecule has 3 aromatic rings. The molecule has 3 rings (SSSR count). The van der Waals surface area contributed by atoms with E-state index in [4.69, 9.17) is 0 Å². The number of sulfonamides is 1. The lowest BCUT2D eigenvalue weighted by molar-refractivity contribution is 0.580. The van der Waals surface area contributed by atoms with Crippen molar-refractivity contribution in [1.29, 1.82) is 0 Å². The van der Waals surface area contributed by atoms with Gasteiger partial charge in [0.2, 0.25) is 10.0 Å². The van der Waals surface area contributed by atoms with Crippen LogP contribution < -0.4 is 16.0 Å². The zero-order chi connectivity index (χ0) is 16.4. The Balaban J connectivity index is 1.95. The van der Waals surface area contributed by atoms with Crippen molar-refractivity contribution < 1.29 is 8.42 Å². The fraction of sp³-hybridized carbons (Fsp3) is 0.0714. The highest BCUT2D eigenvalue weighted by Gasteiger charge is 2.15. The lowest BCUT2D eigenvalue weighted by Crippen LogP contribution is -2.25. The maximum Gasteiger partial charge on any atom is 0.326 e. The summed E-state index contributed by atoms with van der Waals surface area (Å²) < 4.78 is 27.0. The van der Waals surface area contributed by atoms with Gasteiger partial charge in [0.1, 0.15) is 0 Å². The zero-order valence-corrected chi connectivity index (χ0v) is 12.6. The van der Waals surface area contributed by atoms with Gasteiger partial charge in [-0.15, -0.1) is 0 Å². The molecule has 0 aliphatic rings. The number of pyridine rings is 1. The topological polar surface area (TPSA) is 125 Å². The van der Waals surface area contributed by atoms with Crippen LogP contribution in [0.25, 0.3) is 10.9 Å². The quantitative estimate of drug-likeness (QED) is 0.624. The molecular formula is C14H12N4O4S. The molecule has 9 heteroatoms. The molecule has 118 valence electrons. The van der Waals surface area contributed by atoms with Gasteiger partial charge in [-0.1, -0.05) is 6.07 Å². The van der Waals surface area contributed by atoms with Crippen LogP contribution in [0, 0.1) is 0 Å². The largest absolute Gasteiger partial charge is 0.326 e. The highest BCUT2D eigenvalue weighted by Crippen LogP contribution is 2.14. The van der Waals surface area contributed by atoms with E-state index >= 15 is 0 Å². The van der Waals surface area contributed by atoms with Crippen LogP contribution in [0.4, 0.5) is 0 Å². The van der Waals surface area contributed by atoms with Gasteiger partial charge in [0.05, 0.1) is 28.0 Å². The van der Waals surface area contributed by atoms with E-state index in [1.807, 2.05) is 0 Å². The predicted octanol–water partition coefficient (Wildman–Crippen LogP) is 0.0899. The Kier molecular flexibility index (Phi) is 3.80. The molecule has 0 fully saturated rings. The maximum atomic E-state index is 12.3. The van der Waals surface area contributed by atoms with Crippen LogP contribution in [-0.4, -0.2) is 23.4 Å². The third kappa shape index (κ3) is 3.20. The van der Waals surface area contributed by atoms with E-state index in [0.29, 0.717) is 5.69 Å². The second-order valence-corrected chi connectivity index (χ2v) is 6.53. The van der Waals surface area contributed by atoms with E-state index in [9.17, 15) is 18.0 Å². The van der Waals surface area contributed by atoms with Crippen molar-refractivity contribution in [3.63, 3.8) is 0 Å². The number of aromatic amines is 2. The minimum absolute atomic E-state index is 0.0309. The number of benzene rings is 1. The summed E-state index contributed by atoms with van der Waals surface area (Å²) >= 11 is 0.